The van der Waals surface area contributed by atoms with Crippen LogP contribution in [-0.2, 0) is 4.79 Å². The van der Waals surface area contributed by atoms with Crippen LogP contribution < -0.4 is 14.8 Å². The number of anilines is 1. The summed E-state index contributed by atoms with van der Waals surface area (Å²) in [5.74, 6) is 2.04. The first kappa shape index (κ1) is 23.8. The number of H-pyrrole nitrogens is 2. The number of benzene rings is 2. The second-order valence-corrected chi connectivity index (χ2v) is 9.63. The summed E-state index contributed by atoms with van der Waals surface area (Å²) in [6.45, 7) is 2.29. The van der Waals surface area contributed by atoms with Crippen LogP contribution in [0.3, 0.4) is 0 Å². The van der Waals surface area contributed by atoms with E-state index in [-0.39, 0.29) is 12.7 Å². The van der Waals surface area contributed by atoms with E-state index < -0.39 is 0 Å². The van der Waals surface area contributed by atoms with Gasteiger partial charge in [0.25, 0.3) is 0 Å². The molecular weight excluding hydrogens is 506 g/mol. The Morgan fingerprint density at radius 1 is 0.950 bits per heavy atom. The highest BCUT2D eigenvalue weighted by molar-refractivity contribution is 5.97. The van der Waals surface area contributed by atoms with Crippen LogP contribution in [0.1, 0.15) is 26.2 Å². The normalized spacial score (nSPS) is 12.3. The first-order valence-corrected chi connectivity index (χ1v) is 13.2. The number of nitrogens with one attached hydrogen (secondary N) is 3. The number of para-hydroxylation sites is 1. The van der Waals surface area contributed by atoms with E-state index in [1.807, 2.05) is 54.6 Å². The quantitative estimate of drug-likeness (QED) is 0.227. The number of hydrogen-bond donors (Lipinski definition) is 3. The maximum atomic E-state index is 12.2. The number of aromatic amines is 2. The smallest absolute Gasteiger partial charge is 0.231 e. The van der Waals surface area contributed by atoms with Crippen molar-refractivity contribution >= 4 is 33.7 Å². The van der Waals surface area contributed by atoms with Gasteiger partial charge in [-0.25, -0.2) is 9.97 Å². The Kier molecular flexibility index (Phi) is 5.85. The van der Waals surface area contributed by atoms with Crippen molar-refractivity contribution in [2.24, 2.45) is 0 Å². The van der Waals surface area contributed by atoms with E-state index in [1.165, 1.54) is 0 Å². The zero-order valence-corrected chi connectivity index (χ0v) is 21.7. The molecule has 0 unspecified atom stereocenters. The summed E-state index contributed by atoms with van der Waals surface area (Å²) in [6, 6.07) is 17.6. The summed E-state index contributed by atoms with van der Waals surface area (Å²) < 4.78 is 11.0. The van der Waals surface area contributed by atoms with Gasteiger partial charge in [0.1, 0.15) is 5.52 Å². The molecule has 2 aromatic carbocycles. The number of amides is 1. The highest BCUT2D eigenvalue weighted by Crippen LogP contribution is 2.38. The monoisotopic (exact) mass is 531 g/mol. The lowest BCUT2D eigenvalue weighted by molar-refractivity contribution is -0.116. The average Bonchev–Trinajstić information content (AvgIpc) is 3.73. The van der Waals surface area contributed by atoms with Crippen LogP contribution in [-0.4, -0.2) is 42.8 Å². The topological polar surface area (TPSA) is 131 Å². The highest BCUT2D eigenvalue weighted by Gasteiger charge is 2.19. The van der Waals surface area contributed by atoms with E-state index in [2.05, 4.69) is 32.4 Å². The molecule has 0 aliphatic carbocycles. The summed E-state index contributed by atoms with van der Waals surface area (Å²) >= 11 is 0. The van der Waals surface area contributed by atoms with Gasteiger partial charge in [-0.15, -0.1) is 0 Å². The molecule has 0 fully saturated rings. The predicted octanol–water partition coefficient (Wildman–Crippen LogP) is 6.09. The van der Waals surface area contributed by atoms with Gasteiger partial charge in [-0.2, -0.15) is 5.10 Å². The summed E-state index contributed by atoms with van der Waals surface area (Å²) in [7, 11) is 0. The highest BCUT2D eigenvalue weighted by atomic mass is 16.7. The Morgan fingerprint density at radius 2 is 1.88 bits per heavy atom. The zero-order valence-electron chi connectivity index (χ0n) is 21.7. The minimum Gasteiger partial charge on any atom is -0.454 e. The molecule has 0 saturated carbocycles. The van der Waals surface area contributed by atoms with Crippen molar-refractivity contribution in [3.8, 4) is 45.4 Å². The second-order valence-electron chi connectivity index (χ2n) is 9.63. The minimum atomic E-state index is -0.0219. The van der Waals surface area contributed by atoms with Crippen LogP contribution in [0.4, 0.5) is 5.69 Å². The number of unbranched alkanes of at least 4 members (excludes halogenated alkanes) is 1. The molecule has 6 aromatic rings. The molecule has 5 heterocycles. The Labute approximate surface area is 228 Å². The molecule has 0 atom stereocenters. The molecule has 0 spiro atoms. The molecule has 198 valence electrons. The van der Waals surface area contributed by atoms with Crippen molar-refractivity contribution in [2.75, 3.05) is 12.1 Å². The number of hydrogen-bond acceptors (Lipinski definition) is 7. The van der Waals surface area contributed by atoms with Crippen molar-refractivity contribution in [2.45, 2.75) is 26.2 Å². The van der Waals surface area contributed by atoms with E-state index in [9.17, 15) is 4.79 Å². The lowest BCUT2D eigenvalue weighted by atomic mass is 10.0. The largest absolute Gasteiger partial charge is 0.454 e. The number of carbonyl (C=O) groups excluding carboxylic acids is 1. The first-order valence-electron chi connectivity index (χ1n) is 13.2. The molecule has 7 rings (SSSR count). The third-order valence-electron chi connectivity index (χ3n) is 6.90. The molecule has 10 nitrogen and oxygen atoms in total. The van der Waals surface area contributed by atoms with Gasteiger partial charge in [0.15, 0.2) is 23.0 Å². The van der Waals surface area contributed by atoms with Gasteiger partial charge >= 0.3 is 0 Å². The zero-order chi connectivity index (χ0) is 27.1. The maximum absolute atomic E-state index is 12.2. The van der Waals surface area contributed by atoms with Crippen molar-refractivity contribution in [1.29, 1.82) is 0 Å². The van der Waals surface area contributed by atoms with E-state index >= 15 is 0 Å². The fourth-order valence-electron chi connectivity index (χ4n) is 4.88. The Balaban J connectivity index is 1.24. The van der Waals surface area contributed by atoms with Gasteiger partial charge in [-0.1, -0.05) is 31.5 Å². The Hall–Kier alpha value is -5.25. The molecule has 1 aliphatic rings. The number of imidazole rings is 1. The number of rotatable bonds is 7. The number of pyridine rings is 2. The van der Waals surface area contributed by atoms with Crippen molar-refractivity contribution in [3.05, 3.63) is 67.0 Å². The van der Waals surface area contributed by atoms with Crippen molar-refractivity contribution in [3.63, 3.8) is 0 Å². The molecule has 40 heavy (non-hydrogen) atoms. The molecule has 10 heteroatoms. The molecule has 0 radical (unpaired) electrons. The fourth-order valence-corrected chi connectivity index (χ4v) is 4.88. The summed E-state index contributed by atoms with van der Waals surface area (Å²) in [6.07, 6.45) is 5.67. The molecule has 0 saturated heterocycles. The van der Waals surface area contributed by atoms with Crippen molar-refractivity contribution in [1.82, 2.24) is 30.1 Å². The molecular formula is C30H25N7O3. The SMILES string of the molecule is CCCCC(=O)Nc1cncc(-c2ccc3[nH]nc(-c4nc5c(-c6ccc7c(c6)OCO7)cccc5[nH]4)c3n2)c1. The summed E-state index contributed by atoms with van der Waals surface area (Å²) in [5.41, 5.74) is 7.87. The number of fused-ring (bicyclic) bond motifs is 3. The summed E-state index contributed by atoms with van der Waals surface area (Å²) in [4.78, 5) is 29.8. The first-order chi connectivity index (χ1) is 19.7. The third-order valence-corrected chi connectivity index (χ3v) is 6.90. The van der Waals surface area contributed by atoms with Gasteiger partial charge < -0.3 is 19.8 Å². The van der Waals surface area contributed by atoms with Crippen LogP contribution in [0, 0.1) is 0 Å². The average molecular weight is 532 g/mol. The summed E-state index contributed by atoms with van der Waals surface area (Å²) in [5, 5.41) is 10.5. The van der Waals surface area contributed by atoms with Crippen LogP contribution in [0.25, 0.3) is 56.0 Å². The maximum Gasteiger partial charge on any atom is 0.231 e. The lowest BCUT2D eigenvalue weighted by Gasteiger charge is -2.07. The van der Waals surface area contributed by atoms with E-state index in [4.69, 9.17) is 19.4 Å². The number of aromatic nitrogens is 6. The van der Waals surface area contributed by atoms with Gasteiger partial charge in [-0.05, 0) is 48.4 Å². The van der Waals surface area contributed by atoms with Gasteiger partial charge in [0.2, 0.25) is 12.7 Å². The lowest BCUT2D eigenvalue weighted by Crippen LogP contribution is -2.11. The fraction of sp³-hybridized carbons (Fsp3) is 0.167. The van der Waals surface area contributed by atoms with Crippen LogP contribution in [0.2, 0.25) is 0 Å². The van der Waals surface area contributed by atoms with E-state index in [0.717, 1.165) is 57.6 Å². The van der Waals surface area contributed by atoms with E-state index in [1.54, 1.807) is 12.4 Å². The van der Waals surface area contributed by atoms with Crippen molar-refractivity contribution < 1.29 is 14.3 Å². The van der Waals surface area contributed by atoms with Gasteiger partial charge in [0, 0.05) is 23.7 Å². The molecule has 1 amide bonds. The molecule has 1 aliphatic heterocycles. The van der Waals surface area contributed by atoms with E-state index in [0.29, 0.717) is 34.8 Å². The van der Waals surface area contributed by atoms with Gasteiger partial charge in [0.05, 0.1) is 34.1 Å². The van der Waals surface area contributed by atoms with Crippen LogP contribution in [0.15, 0.2) is 67.0 Å². The molecule has 4 aromatic heterocycles. The van der Waals surface area contributed by atoms with Crippen LogP contribution >= 0.6 is 0 Å². The number of nitrogens with zero attached hydrogens (tertiary/aromatic N) is 4. The minimum absolute atomic E-state index is 0.0219. The Morgan fingerprint density at radius 3 is 2.80 bits per heavy atom. The second kappa shape index (κ2) is 9.81. The third kappa shape index (κ3) is 4.29. The predicted molar refractivity (Wildman–Crippen MR) is 152 cm³/mol. The number of ether oxygens (including phenoxy) is 2. The standard InChI is InChI=1S/C30H25N7O3/c1-2-3-7-26(38)32-19-12-18(14-31-15-19)21-9-10-23-28(33-21)29(37-36-23)30-34-22-6-4-5-20(27(22)35-30)17-8-11-24-25(13-17)40-16-39-24/h4-6,8-15H,2-3,7,16H2,1H3,(H,32,38)(H,34,35)(H,36,37). The van der Waals surface area contributed by atoms with Crippen LogP contribution in [0.5, 0.6) is 11.5 Å². The molecule has 0 bridgehead atoms. The Bertz CT molecular complexity index is 1890. The number of carbonyl (C=O) groups is 1. The van der Waals surface area contributed by atoms with Gasteiger partial charge in [-0.3, -0.25) is 14.9 Å². The molecule has 3 N–H and O–H groups in total.